The van der Waals surface area contributed by atoms with Crippen LogP contribution in [-0.2, 0) is 4.79 Å². The highest BCUT2D eigenvalue weighted by atomic mass is 35.5. The number of carbonyl (C=O) groups is 2. The second kappa shape index (κ2) is 11.2. The third-order valence-electron chi connectivity index (χ3n) is 6.25. The van der Waals surface area contributed by atoms with Crippen LogP contribution in [0.15, 0.2) is 36.4 Å². The Bertz CT molecular complexity index is 1300. The molecule has 0 aliphatic heterocycles. The van der Waals surface area contributed by atoms with Crippen LogP contribution in [0.1, 0.15) is 52.7 Å². The molecule has 1 aliphatic carbocycles. The van der Waals surface area contributed by atoms with Crippen LogP contribution < -0.4 is 5.32 Å². The molecule has 2 aromatic rings. The fraction of sp³-hybridized carbons (Fsp3) is 0.385. The molecule has 0 radical (unpaired) electrons. The van der Waals surface area contributed by atoms with E-state index < -0.39 is 47.7 Å². The first-order valence-corrected chi connectivity index (χ1v) is 12.6. The molecule has 2 aromatic carbocycles. The molecule has 39 heavy (non-hydrogen) atoms. The Hall–Kier alpha value is -2.43. The first-order chi connectivity index (χ1) is 17.8. The van der Waals surface area contributed by atoms with Gasteiger partial charge in [0, 0.05) is 25.1 Å². The maximum absolute atomic E-state index is 15.2. The molecule has 1 atom stereocenters. The van der Waals surface area contributed by atoms with Crippen LogP contribution in [0.2, 0.25) is 15.1 Å². The van der Waals surface area contributed by atoms with Gasteiger partial charge in [-0.25, -0.2) is 13.2 Å². The fourth-order valence-corrected chi connectivity index (χ4v) is 4.72. The number of carbonyl (C=O) groups excluding carboxylic acids is 2. The van der Waals surface area contributed by atoms with Gasteiger partial charge in [-0.1, -0.05) is 40.9 Å². The molecular weight excluding hydrogens is 593 g/mol. The number of benzene rings is 2. The number of likely N-dealkylation sites (N-methyl/N-ethyl adjacent to an activating group) is 1. The van der Waals surface area contributed by atoms with Crippen molar-refractivity contribution < 1.29 is 35.9 Å². The maximum Gasteiger partial charge on any atom is 0.406 e. The van der Waals surface area contributed by atoms with Crippen LogP contribution in [0, 0.1) is 6.92 Å². The highest BCUT2D eigenvalue weighted by Crippen LogP contribution is 2.42. The van der Waals surface area contributed by atoms with Crippen LogP contribution in [0.3, 0.4) is 0 Å². The molecule has 1 aliphatic rings. The van der Waals surface area contributed by atoms with E-state index >= 15 is 4.39 Å². The van der Waals surface area contributed by atoms with Gasteiger partial charge in [0.2, 0.25) is 5.91 Å². The zero-order valence-electron chi connectivity index (χ0n) is 20.8. The van der Waals surface area contributed by atoms with Gasteiger partial charge in [0.15, 0.2) is 0 Å². The van der Waals surface area contributed by atoms with Crippen LogP contribution >= 0.6 is 34.8 Å². The first kappa shape index (κ1) is 31.1. The third kappa shape index (κ3) is 7.41. The van der Waals surface area contributed by atoms with Gasteiger partial charge in [-0.3, -0.25) is 9.59 Å². The molecule has 212 valence electrons. The largest absolute Gasteiger partial charge is 0.406 e. The van der Waals surface area contributed by atoms with Gasteiger partial charge in [0.1, 0.15) is 17.9 Å². The quantitative estimate of drug-likeness (QED) is 0.242. The maximum atomic E-state index is 15.2. The van der Waals surface area contributed by atoms with Crippen molar-refractivity contribution in [1.82, 2.24) is 10.2 Å². The van der Waals surface area contributed by atoms with Gasteiger partial charge < -0.3 is 10.2 Å². The molecule has 1 saturated carbocycles. The van der Waals surface area contributed by atoms with Crippen molar-refractivity contribution in [1.29, 1.82) is 0 Å². The Morgan fingerprint density at radius 3 is 2.10 bits per heavy atom. The molecule has 0 spiro atoms. The number of aryl methyl sites for hydroxylation is 1. The molecule has 0 aromatic heterocycles. The van der Waals surface area contributed by atoms with Crippen LogP contribution in [0.5, 0.6) is 0 Å². The van der Waals surface area contributed by atoms with E-state index in [9.17, 15) is 31.5 Å². The predicted octanol–water partition coefficient (Wildman–Crippen LogP) is 7.99. The number of nitrogens with zero attached hydrogens (tertiary/aromatic N) is 1. The minimum Gasteiger partial charge on any atom is -0.338 e. The SMILES string of the molecule is Cc1cc(/C(F)=C/C(c2cc(Cl)c(Cl)c(Cl)c2)C(C)(F)F)ccc1C(=O)NC1(C(=O)N(C)CC(F)(F)F)CC1. The summed E-state index contributed by atoms with van der Waals surface area (Å²) in [6.07, 6.45) is -3.56. The number of halogens is 9. The van der Waals surface area contributed by atoms with Crippen molar-refractivity contribution in [3.8, 4) is 0 Å². The minimum atomic E-state index is -4.60. The van der Waals surface area contributed by atoms with Gasteiger partial charge in [-0.2, -0.15) is 13.2 Å². The molecule has 1 unspecified atom stereocenters. The van der Waals surface area contributed by atoms with Gasteiger partial charge in [-0.05, 0) is 61.2 Å². The summed E-state index contributed by atoms with van der Waals surface area (Å²) in [6, 6.07) is 6.02. The van der Waals surface area contributed by atoms with Crippen molar-refractivity contribution in [2.24, 2.45) is 0 Å². The molecule has 4 nitrogen and oxygen atoms in total. The normalized spacial score (nSPS) is 16.1. The lowest BCUT2D eigenvalue weighted by atomic mass is 9.91. The highest BCUT2D eigenvalue weighted by molar-refractivity contribution is 6.48. The Kier molecular flexibility index (Phi) is 8.94. The molecule has 13 heteroatoms. The van der Waals surface area contributed by atoms with E-state index in [2.05, 4.69) is 5.32 Å². The van der Waals surface area contributed by atoms with Gasteiger partial charge in [0.25, 0.3) is 11.8 Å². The van der Waals surface area contributed by atoms with Crippen LogP contribution in [0.4, 0.5) is 26.3 Å². The topological polar surface area (TPSA) is 49.4 Å². The summed E-state index contributed by atoms with van der Waals surface area (Å²) in [4.78, 5) is 25.9. The molecule has 3 rings (SSSR count). The van der Waals surface area contributed by atoms with Gasteiger partial charge in [-0.15, -0.1) is 0 Å². The summed E-state index contributed by atoms with van der Waals surface area (Å²) in [7, 11) is 0.996. The number of rotatable bonds is 8. The molecule has 0 saturated heterocycles. The number of hydrogen-bond acceptors (Lipinski definition) is 2. The summed E-state index contributed by atoms with van der Waals surface area (Å²) in [5.41, 5.74) is -1.34. The summed E-state index contributed by atoms with van der Waals surface area (Å²) >= 11 is 17.8. The predicted molar refractivity (Wildman–Crippen MR) is 138 cm³/mol. The van der Waals surface area contributed by atoms with E-state index in [1.54, 1.807) is 0 Å². The van der Waals surface area contributed by atoms with E-state index in [1.165, 1.54) is 37.3 Å². The monoisotopic (exact) mass is 614 g/mol. The molecule has 2 amide bonds. The van der Waals surface area contributed by atoms with Gasteiger partial charge in [0.05, 0.1) is 21.0 Å². The van der Waals surface area contributed by atoms with Crippen molar-refractivity contribution in [2.45, 2.75) is 50.2 Å². The second-order valence-corrected chi connectivity index (χ2v) is 10.8. The zero-order valence-corrected chi connectivity index (χ0v) is 23.1. The van der Waals surface area contributed by atoms with E-state index in [0.717, 1.165) is 7.05 Å². The Labute approximate surface area is 235 Å². The standard InChI is InChI=1S/C26H23Cl3F6N2O2/c1-13-8-14(20(30)11-17(24(2,31)32)15-9-18(27)21(29)19(28)10-15)4-5-16(13)22(38)36-25(6-7-25)23(39)37(3)12-26(33,34)35/h4-5,8-11,17H,6-7,12H2,1-3H3,(H,36,38)/b20-11-. The third-order valence-corrected chi connectivity index (χ3v) is 7.44. The Morgan fingerprint density at radius 2 is 1.64 bits per heavy atom. The second-order valence-electron chi connectivity index (χ2n) is 9.59. The molecule has 0 bridgehead atoms. The first-order valence-electron chi connectivity index (χ1n) is 11.5. The number of hydrogen-bond donors (Lipinski definition) is 1. The van der Waals surface area contributed by atoms with E-state index in [-0.39, 0.29) is 50.2 Å². The van der Waals surface area contributed by atoms with E-state index in [0.29, 0.717) is 17.9 Å². The van der Waals surface area contributed by atoms with Crippen molar-refractivity contribution in [2.75, 3.05) is 13.6 Å². The molecule has 0 heterocycles. The number of allylic oxidation sites excluding steroid dienone is 1. The average molecular weight is 616 g/mol. The summed E-state index contributed by atoms with van der Waals surface area (Å²) in [6.45, 7) is 0.611. The summed E-state index contributed by atoms with van der Waals surface area (Å²) in [5.74, 6) is -7.80. The lowest BCUT2D eigenvalue weighted by Crippen LogP contribution is -2.51. The Balaban J connectivity index is 1.84. The number of alkyl halides is 5. The van der Waals surface area contributed by atoms with Crippen molar-refractivity contribution in [3.63, 3.8) is 0 Å². The number of nitrogens with one attached hydrogen (secondary N) is 1. The zero-order chi connectivity index (χ0) is 29.5. The van der Waals surface area contributed by atoms with Crippen LogP contribution in [-0.4, -0.2) is 47.9 Å². The highest BCUT2D eigenvalue weighted by Gasteiger charge is 2.53. The number of amides is 2. The molecule has 1 N–H and O–H groups in total. The van der Waals surface area contributed by atoms with E-state index in [4.69, 9.17) is 34.8 Å². The smallest absolute Gasteiger partial charge is 0.338 e. The minimum absolute atomic E-state index is 0.0316. The Morgan fingerprint density at radius 1 is 1.08 bits per heavy atom. The molecule has 1 fully saturated rings. The van der Waals surface area contributed by atoms with Crippen LogP contribution in [0.25, 0.3) is 5.83 Å². The summed E-state index contributed by atoms with van der Waals surface area (Å²) < 4.78 is 82.1. The molecular formula is C26H23Cl3F6N2O2. The van der Waals surface area contributed by atoms with Crippen molar-refractivity contribution >= 4 is 52.4 Å². The fourth-order valence-electron chi connectivity index (χ4n) is 4.11. The van der Waals surface area contributed by atoms with Gasteiger partial charge >= 0.3 is 6.18 Å². The lowest BCUT2D eigenvalue weighted by Gasteiger charge is -2.25. The lowest BCUT2D eigenvalue weighted by molar-refractivity contribution is -0.160. The van der Waals surface area contributed by atoms with Crippen molar-refractivity contribution in [3.05, 3.63) is 73.7 Å². The summed E-state index contributed by atoms with van der Waals surface area (Å²) in [5, 5.41) is 2.30. The average Bonchev–Trinajstić information content (AvgIpc) is 3.58. The van der Waals surface area contributed by atoms with E-state index in [1.807, 2.05) is 0 Å².